The molecule has 0 spiro atoms. The maximum atomic E-state index is 5.68. The zero-order valence-corrected chi connectivity index (χ0v) is 12.5. The van der Waals surface area contributed by atoms with Crippen LogP contribution in [0.4, 0.5) is 0 Å². The zero-order valence-electron chi connectivity index (χ0n) is 12.5. The molecule has 106 valence electrons. The highest BCUT2D eigenvalue weighted by Gasteiger charge is 2.27. The second kappa shape index (κ2) is 6.42. The minimum absolute atomic E-state index is 0.495. The summed E-state index contributed by atoms with van der Waals surface area (Å²) in [6, 6.07) is 9.00. The van der Waals surface area contributed by atoms with Gasteiger partial charge in [0.25, 0.3) is 0 Å². The highest BCUT2D eigenvalue weighted by molar-refractivity contribution is 5.33. The Kier molecular flexibility index (Phi) is 4.87. The van der Waals surface area contributed by atoms with E-state index in [2.05, 4.69) is 37.4 Å². The van der Waals surface area contributed by atoms with Crippen LogP contribution in [-0.4, -0.2) is 12.6 Å². The second-order valence-electron chi connectivity index (χ2n) is 6.38. The van der Waals surface area contributed by atoms with E-state index in [1.54, 1.807) is 0 Å². The van der Waals surface area contributed by atoms with E-state index in [-0.39, 0.29) is 0 Å². The third kappa shape index (κ3) is 4.24. The zero-order chi connectivity index (χ0) is 13.7. The van der Waals surface area contributed by atoms with Crippen molar-refractivity contribution in [2.24, 2.45) is 5.41 Å². The third-order valence-corrected chi connectivity index (χ3v) is 4.06. The fourth-order valence-electron chi connectivity index (χ4n) is 3.07. The Hall–Kier alpha value is -1.02. The van der Waals surface area contributed by atoms with Crippen molar-refractivity contribution in [1.82, 2.24) is 5.32 Å². The van der Waals surface area contributed by atoms with Crippen molar-refractivity contribution in [3.63, 3.8) is 0 Å². The van der Waals surface area contributed by atoms with Gasteiger partial charge in [-0.25, -0.2) is 0 Å². The Balaban J connectivity index is 1.91. The lowest BCUT2D eigenvalue weighted by Gasteiger charge is -2.35. The largest absolute Gasteiger partial charge is 0.494 e. The molecule has 0 radical (unpaired) electrons. The maximum absolute atomic E-state index is 5.68. The molecule has 2 rings (SSSR count). The Bertz CT molecular complexity index is 400. The molecule has 1 aromatic carbocycles. The highest BCUT2D eigenvalue weighted by Crippen LogP contribution is 2.35. The van der Waals surface area contributed by atoms with Crippen LogP contribution in [0, 0.1) is 5.41 Å². The Labute approximate surface area is 117 Å². The van der Waals surface area contributed by atoms with Crippen LogP contribution in [-0.2, 0) is 6.54 Å². The Morgan fingerprint density at radius 2 is 2.11 bits per heavy atom. The lowest BCUT2D eigenvalue weighted by atomic mass is 9.75. The van der Waals surface area contributed by atoms with Crippen molar-refractivity contribution < 1.29 is 4.74 Å². The molecule has 1 saturated carbocycles. The van der Waals surface area contributed by atoms with E-state index in [9.17, 15) is 0 Å². The van der Waals surface area contributed by atoms with Crippen LogP contribution in [0.15, 0.2) is 24.3 Å². The summed E-state index contributed by atoms with van der Waals surface area (Å²) in [6.45, 7) is 8.45. The van der Waals surface area contributed by atoms with Crippen molar-refractivity contribution in [2.75, 3.05) is 6.61 Å². The van der Waals surface area contributed by atoms with Gasteiger partial charge in [-0.05, 0) is 37.7 Å². The molecule has 1 atom stereocenters. The lowest BCUT2D eigenvalue weighted by Crippen LogP contribution is -2.36. The maximum Gasteiger partial charge on any atom is 0.123 e. The number of para-hydroxylation sites is 1. The summed E-state index contributed by atoms with van der Waals surface area (Å²) in [5.74, 6) is 1.02. The topological polar surface area (TPSA) is 21.3 Å². The van der Waals surface area contributed by atoms with E-state index in [1.807, 2.05) is 13.0 Å². The van der Waals surface area contributed by atoms with Gasteiger partial charge in [-0.2, -0.15) is 0 Å². The van der Waals surface area contributed by atoms with Gasteiger partial charge in [-0.15, -0.1) is 0 Å². The summed E-state index contributed by atoms with van der Waals surface area (Å²) in [7, 11) is 0. The van der Waals surface area contributed by atoms with Crippen LogP contribution >= 0.6 is 0 Å². The molecule has 0 saturated heterocycles. The molecule has 1 aromatic rings. The average molecular weight is 261 g/mol. The van der Waals surface area contributed by atoms with Crippen molar-refractivity contribution in [3.8, 4) is 5.75 Å². The first-order chi connectivity index (χ1) is 9.11. The SMILES string of the molecule is CCOc1ccccc1CNC1CCCC(C)(C)C1. The summed E-state index contributed by atoms with van der Waals surface area (Å²) in [4.78, 5) is 0. The van der Waals surface area contributed by atoms with Crippen LogP contribution in [0.5, 0.6) is 5.75 Å². The van der Waals surface area contributed by atoms with Crippen LogP contribution < -0.4 is 10.1 Å². The first-order valence-electron chi connectivity index (χ1n) is 7.55. The molecule has 1 aliphatic rings. The smallest absolute Gasteiger partial charge is 0.123 e. The van der Waals surface area contributed by atoms with E-state index in [0.29, 0.717) is 11.5 Å². The van der Waals surface area contributed by atoms with Crippen LogP contribution in [0.1, 0.15) is 52.0 Å². The van der Waals surface area contributed by atoms with Crippen LogP contribution in [0.2, 0.25) is 0 Å². The summed E-state index contributed by atoms with van der Waals surface area (Å²) in [6.07, 6.45) is 5.29. The number of ether oxygens (including phenoxy) is 1. The first-order valence-corrected chi connectivity index (χ1v) is 7.55. The molecule has 0 aliphatic heterocycles. The fraction of sp³-hybridized carbons (Fsp3) is 0.647. The number of benzene rings is 1. The molecule has 1 unspecified atom stereocenters. The predicted molar refractivity (Wildman–Crippen MR) is 80.5 cm³/mol. The number of nitrogens with one attached hydrogen (secondary N) is 1. The van der Waals surface area contributed by atoms with Crippen molar-refractivity contribution in [3.05, 3.63) is 29.8 Å². The summed E-state index contributed by atoms with van der Waals surface area (Å²) in [5, 5.41) is 3.71. The average Bonchev–Trinajstić information content (AvgIpc) is 2.37. The molecule has 19 heavy (non-hydrogen) atoms. The molecule has 0 amide bonds. The number of rotatable bonds is 5. The lowest BCUT2D eigenvalue weighted by molar-refractivity contribution is 0.197. The molecular weight excluding hydrogens is 234 g/mol. The molecule has 0 aromatic heterocycles. The normalized spacial score (nSPS) is 22.2. The van der Waals surface area contributed by atoms with Gasteiger partial charge in [-0.3, -0.25) is 0 Å². The van der Waals surface area contributed by atoms with Gasteiger partial charge < -0.3 is 10.1 Å². The molecule has 1 aliphatic carbocycles. The van der Waals surface area contributed by atoms with E-state index in [4.69, 9.17) is 4.74 Å². The van der Waals surface area contributed by atoms with Gasteiger partial charge in [0.2, 0.25) is 0 Å². The molecule has 2 heteroatoms. The van der Waals surface area contributed by atoms with Crippen molar-refractivity contribution in [2.45, 2.75) is 59.0 Å². The first kappa shape index (κ1) is 14.4. The van der Waals surface area contributed by atoms with Gasteiger partial charge in [0, 0.05) is 18.2 Å². The monoisotopic (exact) mass is 261 g/mol. The van der Waals surface area contributed by atoms with Gasteiger partial charge >= 0.3 is 0 Å². The molecular formula is C17H27NO. The van der Waals surface area contributed by atoms with E-state index < -0.39 is 0 Å². The Morgan fingerprint density at radius 3 is 2.84 bits per heavy atom. The van der Waals surface area contributed by atoms with E-state index in [0.717, 1.165) is 18.9 Å². The molecule has 2 nitrogen and oxygen atoms in total. The summed E-state index contributed by atoms with van der Waals surface area (Å²) >= 11 is 0. The predicted octanol–water partition coefficient (Wildman–Crippen LogP) is 4.14. The van der Waals surface area contributed by atoms with Gasteiger partial charge in [0.1, 0.15) is 5.75 Å². The molecule has 1 fully saturated rings. The van der Waals surface area contributed by atoms with Crippen LogP contribution in [0.25, 0.3) is 0 Å². The van der Waals surface area contributed by atoms with Crippen molar-refractivity contribution >= 4 is 0 Å². The fourth-order valence-corrected chi connectivity index (χ4v) is 3.07. The van der Waals surface area contributed by atoms with Gasteiger partial charge in [0.15, 0.2) is 0 Å². The standard InChI is InChI=1S/C17H27NO/c1-4-19-16-10-6-5-8-14(16)13-18-15-9-7-11-17(2,3)12-15/h5-6,8,10,15,18H,4,7,9,11-13H2,1-3H3. The van der Waals surface area contributed by atoms with E-state index >= 15 is 0 Å². The van der Waals surface area contributed by atoms with Crippen LogP contribution in [0.3, 0.4) is 0 Å². The summed E-state index contributed by atoms with van der Waals surface area (Å²) in [5.41, 5.74) is 1.77. The second-order valence-corrected chi connectivity index (χ2v) is 6.38. The van der Waals surface area contributed by atoms with E-state index in [1.165, 1.54) is 31.2 Å². The minimum atomic E-state index is 0.495. The number of hydrogen-bond donors (Lipinski definition) is 1. The highest BCUT2D eigenvalue weighted by atomic mass is 16.5. The summed E-state index contributed by atoms with van der Waals surface area (Å²) < 4.78 is 5.68. The minimum Gasteiger partial charge on any atom is -0.494 e. The molecule has 1 N–H and O–H groups in total. The quantitative estimate of drug-likeness (QED) is 0.860. The number of hydrogen-bond acceptors (Lipinski definition) is 2. The molecule has 0 bridgehead atoms. The van der Waals surface area contributed by atoms with Gasteiger partial charge in [0.05, 0.1) is 6.61 Å². The van der Waals surface area contributed by atoms with Crippen molar-refractivity contribution in [1.29, 1.82) is 0 Å². The Morgan fingerprint density at radius 1 is 1.32 bits per heavy atom. The van der Waals surface area contributed by atoms with Gasteiger partial charge in [-0.1, -0.05) is 38.5 Å². The third-order valence-electron chi connectivity index (χ3n) is 4.06. The molecule has 0 heterocycles.